The zero-order valence-electron chi connectivity index (χ0n) is 5.89. The van der Waals surface area contributed by atoms with Gasteiger partial charge in [0, 0.05) is 10.6 Å². The Hall–Kier alpha value is -0.840. The number of nitrogens with two attached hydrogens (primary N) is 1. The Labute approximate surface area is 72.8 Å². The first-order valence-electron chi connectivity index (χ1n) is 3.07. The fourth-order valence-corrected chi connectivity index (χ4v) is 1.14. The minimum absolute atomic E-state index is 0.150. The van der Waals surface area contributed by atoms with E-state index in [4.69, 9.17) is 5.73 Å². The van der Waals surface area contributed by atoms with E-state index in [9.17, 15) is 13.2 Å². The van der Waals surface area contributed by atoms with Crippen molar-refractivity contribution in [3.05, 3.63) is 23.8 Å². The first kappa shape index (κ1) is 9.25. The molecular weight excluding hydrogens is 187 g/mol. The van der Waals surface area contributed by atoms with Crippen molar-refractivity contribution in [1.82, 2.24) is 0 Å². The SMILES string of the molecule is Nc1ccc(C(F)(F)F)c(S)c1. The van der Waals surface area contributed by atoms with E-state index < -0.39 is 11.7 Å². The monoisotopic (exact) mass is 193 g/mol. The zero-order chi connectivity index (χ0) is 9.35. The molecule has 2 N–H and O–H groups in total. The van der Waals surface area contributed by atoms with Gasteiger partial charge in [-0.05, 0) is 18.2 Å². The average Bonchev–Trinajstić information content (AvgIpc) is 1.83. The summed E-state index contributed by atoms with van der Waals surface area (Å²) in [6.07, 6.45) is -4.36. The second kappa shape index (κ2) is 2.90. The molecule has 0 atom stereocenters. The first-order valence-corrected chi connectivity index (χ1v) is 3.51. The van der Waals surface area contributed by atoms with Gasteiger partial charge in [-0.25, -0.2) is 0 Å². The van der Waals surface area contributed by atoms with Crippen molar-refractivity contribution in [3.8, 4) is 0 Å². The van der Waals surface area contributed by atoms with Gasteiger partial charge in [-0.1, -0.05) is 0 Å². The van der Waals surface area contributed by atoms with E-state index in [0.717, 1.165) is 6.07 Å². The molecule has 0 aromatic heterocycles. The normalized spacial score (nSPS) is 11.7. The molecule has 0 bridgehead atoms. The Morgan fingerprint density at radius 2 is 1.83 bits per heavy atom. The summed E-state index contributed by atoms with van der Waals surface area (Å²) >= 11 is 3.66. The summed E-state index contributed by atoms with van der Waals surface area (Å²) in [7, 11) is 0. The van der Waals surface area contributed by atoms with Gasteiger partial charge in [-0.2, -0.15) is 13.2 Å². The van der Waals surface area contributed by atoms with Gasteiger partial charge in [-0.15, -0.1) is 12.6 Å². The Morgan fingerprint density at radius 1 is 1.25 bits per heavy atom. The topological polar surface area (TPSA) is 26.0 Å². The summed E-state index contributed by atoms with van der Waals surface area (Å²) in [5.41, 5.74) is 4.76. The van der Waals surface area contributed by atoms with Crippen LogP contribution in [0.4, 0.5) is 18.9 Å². The third kappa shape index (κ3) is 1.85. The molecule has 1 aromatic rings. The molecule has 0 amide bonds. The van der Waals surface area contributed by atoms with E-state index in [1.54, 1.807) is 0 Å². The summed E-state index contributed by atoms with van der Waals surface area (Å²) in [6.45, 7) is 0. The summed E-state index contributed by atoms with van der Waals surface area (Å²) in [5, 5.41) is 0. The van der Waals surface area contributed by atoms with Crippen LogP contribution < -0.4 is 5.73 Å². The predicted octanol–water partition coefficient (Wildman–Crippen LogP) is 2.58. The maximum atomic E-state index is 12.1. The molecule has 0 saturated carbocycles. The number of rotatable bonds is 0. The molecule has 0 aliphatic rings. The molecule has 0 spiro atoms. The number of thiol groups is 1. The third-order valence-corrected chi connectivity index (χ3v) is 1.70. The molecule has 0 saturated heterocycles. The van der Waals surface area contributed by atoms with Gasteiger partial charge in [0.2, 0.25) is 0 Å². The van der Waals surface area contributed by atoms with Crippen LogP contribution in [-0.2, 0) is 6.18 Å². The van der Waals surface area contributed by atoms with E-state index in [1.807, 2.05) is 0 Å². The molecule has 0 fully saturated rings. The highest BCUT2D eigenvalue weighted by atomic mass is 32.1. The quantitative estimate of drug-likeness (QED) is 0.480. The number of benzene rings is 1. The van der Waals surface area contributed by atoms with Crippen molar-refractivity contribution in [3.63, 3.8) is 0 Å². The third-order valence-electron chi connectivity index (χ3n) is 1.33. The molecule has 0 radical (unpaired) electrons. The van der Waals surface area contributed by atoms with Crippen LogP contribution in [0.2, 0.25) is 0 Å². The lowest BCUT2D eigenvalue weighted by Crippen LogP contribution is -2.06. The van der Waals surface area contributed by atoms with Crippen LogP contribution >= 0.6 is 12.6 Å². The fraction of sp³-hybridized carbons (Fsp3) is 0.143. The number of alkyl halides is 3. The summed E-state index contributed by atoms with van der Waals surface area (Å²) in [6, 6.07) is 3.28. The molecule has 0 aliphatic carbocycles. The van der Waals surface area contributed by atoms with Gasteiger partial charge in [0.25, 0.3) is 0 Å². The first-order chi connectivity index (χ1) is 5.41. The maximum Gasteiger partial charge on any atom is 0.417 e. The molecule has 0 unspecified atom stereocenters. The van der Waals surface area contributed by atoms with Crippen LogP contribution in [0.3, 0.4) is 0 Å². The highest BCUT2D eigenvalue weighted by molar-refractivity contribution is 7.80. The van der Waals surface area contributed by atoms with Crippen LogP contribution in [0.15, 0.2) is 23.1 Å². The van der Waals surface area contributed by atoms with Gasteiger partial charge in [0.15, 0.2) is 0 Å². The second-order valence-corrected chi connectivity index (χ2v) is 2.76. The van der Waals surface area contributed by atoms with Crippen molar-refractivity contribution in [2.24, 2.45) is 0 Å². The molecule has 1 aromatic carbocycles. The molecular formula is C7H6F3NS. The summed E-state index contributed by atoms with van der Waals surface area (Å²) in [5.74, 6) is 0. The van der Waals surface area contributed by atoms with Crippen molar-refractivity contribution in [2.45, 2.75) is 11.1 Å². The van der Waals surface area contributed by atoms with E-state index in [1.165, 1.54) is 12.1 Å². The maximum absolute atomic E-state index is 12.1. The number of anilines is 1. The Kier molecular flexibility index (Phi) is 2.23. The Bertz CT molecular complexity index is 295. The standard InChI is InChI=1S/C7H6F3NS/c8-7(9,10)5-2-1-4(11)3-6(5)12/h1-3,12H,11H2. The Balaban J connectivity index is 3.19. The number of nitrogen functional groups attached to an aromatic ring is 1. The lowest BCUT2D eigenvalue weighted by molar-refractivity contribution is -0.139. The number of halogens is 3. The predicted molar refractivity (Wildman–Crippen MR) is 43.1 cm³/mol. The van der Waals surface area contributed by atoms with Crippen LogP contribution in [0.5, 0.6) is 0 Å². The molecule has 0 aliphatic heterocycles. The summed E-state index contributed by atoms with van der Waals surface area (Å²) in [4.78, 5) is -0.150. The minimum atomic E-state index is -4.36. The Morgan fingerprint density at radius 3 is 2.25 bits per heavy atom. The minimum Gasteiger partial charge on any atom is -0.399 e. The van der Waals surface area contributed by atoms with E-state index >= 15 is 0 Å². The van der Waals surface area contributed by atoms with Crippen molar-refractivity contribution in [1.29, 1.82) is 0 Å². The van der Waals surface area contributed by atoms with Gasteiger partial charge >= 0.3 is 6.18 Å². The van der Waals surface area contributed by atoms with Gasteiger partial charge in [-0.3, -0.25) is 0 Å². The van der Waals surface area contributed by atoms with E-state index in [0.29, 0.717) is 0 Å². The van der Waals surface area contributed by atoms with Crippen LogP contribution in [0.1, 0.15) is 5.56 Å². The zero-order valence-corrected chi connectivity index (χ0v) is 6.78. The van der Waals surface area contributed by atoms with Gasteiger partial charge < -0.3 is 5.73 Å². The highest BCUT2D eigenvalue weighted by Gasteiger charge is 2.32. The molecule has 66 valence electrons. The highest BCUT2D eigenvalue weighted by Crippen LogP contribution is 2.34. The lowest BCUT2D eigenvalue weighted by atomic mass is 10.2. The van der Waals surface area contributed by atoms with E-state index in [2.05, 4.69) is 12.6 Å². The van der Waals surface area contributed by atoms with E-state index in [-0.39, 0.29) is 10.6 Å². The number of hydrogen-bond acceptors (Lipinski definition) is 2. The summed E-state index contributed by atoms with van der Waals surface area (Å²) < 4.78 is 36.3. The second-order valence-electron chi connectivity index (χ2n) is 2.27. The van der Waals surface area contributed by atoms with Crippen molar-refractivity contribution < 1.29 is 13.2 Å². The van der Waals surface area contributed by atoms with Crippen molar-refractivity contribution >= 4 is 18.3 Å². The van der Waals surface area contributed by atoms with Crippen LogP contribution in [0.25, 0.3) is 0 Å². The van der Waals surface area contributed by atoms with Gasteiger partial charge in [0.05, 0.1) is 5.56 Å². The smallest absolute Gasteiger partial charge is 0.399 e. The van der Waals surface area contributed by atoms with Gasteiger partial charge in [0.1, 0.15) is 0 Å². The number of hydrogen-bond donors (Lipinski definition) is 2. The molecule has 5 heteroatoms. The fourth-order valence-electron chi connectivity index (χ4n) is 0.788. The largest absolute Gasteiger partial charge is 0.417 e. The molecule has 12 heavy (non-hydrogen) atoms. The molecule has 1 nitrogen and oxygen atoms in total. The van der Waals surface area contributed by atoms with Crippen LogP contribution in [0, 0.1) is 0 Å². The van der Waals surface area contributed by atoms with Crippen molar-refractivity contribution in [2.75, 3.05) is 5.73 Å². The lowest BCUT2D eigenvalue weighted by Gasteiger charge is -2.09. The average molecular weight is 193 g/mol. The molecule has 1 rings (SSSR count). The van der Waals surface area contributed by atoms with Crippen LogP contribution in [-0.4, -0.2) is 0 Å². The molecule has 0 heterocycles.